The monoisotopic (exact) mass is 191 g/mol. The fourth-order valence-corrected chi connectivity index (χ4v) is 1.11. The van der Waals surface area contributed by atoms with E-state index in [1.165, 1.54) is 0 Å². The highest BCUT2D eigenvalue weighted by Crippen LogP contribution is 2.14. The van der Waals surface area contributed by atoms with E-state index < -0.39 is 0 Å². The van der Waals surface area contributed by atoms with Crippen molar-refractivity contribution in [3.8, 4) is 0 Å². The molecule has 1 aromatic rings. The zero-order valence-corrected chi connectivity index (χ0v) is 8.75. The normalized spacial score (nSPS) is 10.7. The molecule has 0 bridgehead atoms. The van der Waals surface area contributed by atoms with Gasteiger partial charge < -0.3 is 11.1 Å². The Balaban J connectivity index is 2.57. The number of pyridine rings is 1. The first-order chi connectivity index (χ1) is 6.74. The maximum Gasteiger partial charge on any atom is 0.149 e. The quantitative estimate of drug-likeness (QED) is 0.718. The summed E-state index contributed by atoms with van der Waals surface area (Å²) in [4.78, 5) is 4.30. The molecule has 0 atom stereocenters. The third-order valence-electron chi connectivity index (χ3n) is 1.86. The van der Waals surface area contributed by atoms with Crippen LogP contribution in [0.1, 0.15) is 19.0 Å². The molecule has 0 aliphatic carbocycles. The number of nitrogens with zero attached hydrogens (tertiary/aromatic N) is 1. The number of aromatic nitrogens is 1. The van der Waals surface area contributed by atoms with E-state index in [1.54, 1.807) is 0 Å². The van der Waals surface area contributed by atoms with Gasteiger partial charge in [0.25, 0.3) is 0 Å². The Hall–Kier alpha value is -1.51. The topological polar surface area (TPSA) is 50.9 Å². The number of anilines is 2. The predicted molar refractivity (Wildman–Crippen MR) is 61.3 cm³/mol. The Morgan fingerprint density at radius 3 is 2.93 bits per heavy atom. The van der Waals surface area contributed by atoms with E-state index in [2.05, 4.69) is 29.4 Å². The van der Waals surface area contributed by atoms with Gasteiger partial charge in [-0.1, -0.05) is 19.1 Å². The maximum absolute atomic E-state index is 5.76. The lowest BCUT2D eigenvalue weighted by molar-refractivity contribution is 1.15. The largest absolute Gasteiger partial charge is 0.396 e. The molecular formula is C11H17N3. The molecule has 0 saturated carbocycles. The number of allylic oxidation sites excluding steroid dienone is 1. The molecule has 3 nitrogen and oxygen atoms in total. The van der Waals surface area contributed by atoms with Crippen molar-refractivity contribution < 1.29 is 0 Å². The average Bonchev–Trinajstić information content (AvgIpc) is 2.18. The summed E-state index contributed by atoms with van der Waals surface area (Å²) in [5, 5.41) is 3.17. The van der Waals surface area contributed by atoms with Crippen LogP contribution in [-0.2, 0) is 0 Å². The minimum Gasteiger partial charge on any atom is -0.396 e. The van der Waals surface area contributed by atoms with Crippen molar-refractivity contribution >= 4 is 11.5 Å². The van der Waals surface area contributed by atoms with Crippen LogP contribution in [-0.4, -0.2) is 11.5 Å². The van der Waals surface area contributed by atoms with Gasteiger partial charge in [0.2, 0.25) is 0 Å². The second kappa shape index (κ2) is 5.27. The number of nitrogens with one attached hydrogen (secondary N) is 1. The number of hydrogen-bond donors (Lipinski definition) is 2. The smallest absolute Gasteiger partial charge is 0.149 e. The van der Waals surface area contributed by atoms with Crippen molar-refractivity contribution in [1.29, 1.82) is 0 Å². The molecular weight excluding hydrogens is 174 g/mol. The second-order valence-corrected chi connectivity index (χ2v) is 3.15. The predicted octanol–water partition coefficient (Wildman–Crippen LogP) is 2.35. The molecule has 0 spiro atoms. The number of nitrogen functional groups attached to an aromatic ring is 1. The SMILES string of the molecule is CC/C=C/CNc1nc(C)ccc1N. The Kier molecular flexibility index (Phi) is 3.98. The van der Waals surface area contributed by atoms with Gasteiger partial charge in [-0.25, -0.2) is 4.98 Å². The fraction of sp³-hybridized carbons (Fsp3) is 0.364. The lowest BCUT2D eigenvalue weighted by Crippen LogP contribution is -2.04. The minimum absolute atomic E-state index is 0.695. The summed E-state index contributed by atoms with van der Waals surface area (Å²) in [7, 11) is 0. The number of aryl methyl sites for hydroxylation is 1. The van der Waals surface area contributed by atoms with Gasteiger partial charge in [0.15, 0.2) is 0 Å². The first kappa shape index (κ1) is 10.6. The highest BCUT2D eigenvalue weighted by atomic mass is 15.0. The van der Waals surface area contributed by atoms with E-state index in [9.17, 15) is 0 Å². The molecule has 0 aromatic carbocycles. The van der Waals surface area contributed by atoms with Crippen molar-refractivity contribution in [3.63, 3.8) is 0 Å². The Morgan fingerprint density at radius 1 is 1.43 bits per heavy atom. The second-order valence-electron chi connectivity index (χ2n) is 3.15. The average molecular weight is 191 g/mol. The number of hydrogen-bond acceptors (Lipinski definition) is 3. The van der Waals surface area contributed by atoms with Crippen LogP contribution < -0.4 is 11.1 Å². The molecule has 14 heavy (non-hydrogen) atoms. The Labute approximate surface area is 85.0 Å². The van der Waals surface area contributed by atoms with Gasteiger partial charge in [0.1, 0.15) is 5.82 Å². The minimum atomic E-state index is 0.695. The molecule has 76 valence electrons. The standard InChI is InChI=1S/C11H17N3/c1-3-4-5-8-13-11-10(12)7-6-9(2)14-11/h4-7H,3,8,12H2,1-2H3,(H,13,14)/b5-4+. The van der Waals surface area contributed by atoms with E-state index in [-0.39, 0.29) is 0 Å². The summed E-state index contributed by atoms with van der Waals surface area (Å²) in [5.41, 5.74) is 7.42. The molecule has 3 heteroatoms. The van der Waals surface area contributed by atoms with E-state index in [1.807, 2.05) is 19.1 Å². The molecule has 0 radical (unpaired) electrons. The molecule has 1 rings (SSSR count). The molecule has 0 fully saturated rings. The van der Waals surface area contributed by atoms with Crippen LogP contribution in [0, 0.1) is 6.92 Å². The van der Waals surface area contributed by atoms with Crippen LogP contribution >= 0.6 is 0 Å². The van der Waals surface area contributed by atoms with E-state index >= 15 is 0 Å². The molecule has 0 saturated heterocycles. The van der Waals surface area contributed by atoms with Gasteiger partial charge in [0, 0.05) is 12.2 Å². The van der Waals surface area contributed by atoms with Gasteiger partial charge in [-0.3, -0.25) is 0 Å². The number of rotatable bonds is 4. The van der Waals surface area contributed by atoms with Crippen molar-refractivity contribution in [2.45, 2.75) is 20.3 Å². The van der Waals surface area contributed by atoms with Crippen molar-refractivity contribution in [3.05, 3.63) is 30.0 Å². The van der Waals surface area contributed by atoms with E-state index in [0.29, 0.717) is 5.69 Å². The molecule has 1 heterocycles. The first-order valence-electron chi connectivity index (χ1n) is 4.86. The molecule has 3 N–H and O–H groups in total. The van der Waals surface area contributed by atoms with Crippen LogP contribution in [0.3, 0.4) is 0 Å². The molecule has 1 aromatic heterocycles. The maximum atomic E-state index is 5.76. The lowest BCUT2D eigenvalue weighted by Gasteiger charge is -2.06. The van der Waals surface area contributed by atoms with Gasteiger partial charge in [-0.2, -0.15) is 0 Å². The molecule has 0 aliphatic heterocycles. The van der Waals surface area contributed by atoms with Crippen LogP contribution in [0.25, 0.3) is 0 Å². The van der Waals surface area contributed by atoms with Gasteiger partial charge in [0.05, 0.1) is 5.69 Å². The summed E-state index contributed by atoms with van der Waals surface area (Å²) < 4.78 is 0. The summed E-state index contributed by atoms with van der Waals surface area (Å²) in [6.07, 6.45) is 5.24. The van der Waals surface area contributed by atoms with Crippen LogP contribution in [0.2, 0.25) is 0 Å². The summed E-state index contributed by atoms with van der Waals surface area (Å²) in [5.74, 6) is 0.769. The van der Waals surface area contributed by atoms with E-state index in [0.717, 1.165) is 24.5 Å². The molecule has 0 amide bonds. The molecule has 0 unspecified atom stereocenters. The van der Waals surface area contributed by atoms with Crippen molar-refractivity contribution in [1.82, 2.24) is 4.98 Å². The zero-order chi connectivity index (χ0) is 10.4. The number of nitrogens with two attached hydrogens (primary N) is 1. The van der Waals surface area contributed by atoms with Gasteiger partial charge in [-0.15, -0.1) is 0 Å². The highest BCUT2D eigenvalue weighted by Gasteiger charge is 1.97. The fourth-order valence-electron chi connectivity index (χ4n) is 1.11. The van der Waals surface area contributed by atoms with E-state index in [4.69, 9.17) is 5.73 Å². The van der Waals surface area contributed by atoms with Gasteiger partial charge in [-0.05, 0) is 25.5 Å². The van der Waals surface area contributed by atoms with Crippen LogP contribution in [0.5, 0.6) is 0 Å². The van der Waals surface area contributed by atoms with Crippen molar-refractivity contribution in [2.24, 2.45) is 0 Å². The third-order valence-corrected chi connectivity index (χ3v) is 1.86. The Bertz CT molecular complexity index is 318. The first-order valence-corrected chi connectivity index (χ1v) is 4.86. The third kappa shape index (κ3) is 3.09. The summed E-state index contributed by atoms with van der Waals surface area (Å²) in [6.45, 7) is 4.83. The van der Waals surface area contributed by atoms with Crippen LogP contribution in [0.4, 0.5) is 11.5 Å². The van der Waals surface area contributed by atoms with Crippen LogP contribution in [0.15, 0.2) is 24.3 Å². The lowest BCUT2D eigenvalue weighted by atomic mass is 10.3. The Morgan fingerprint density at radius 2 is 2.21 bits per heavy atom. The van der Waals surface area contributed by atoms with Gasteiger partial charge >= 0.3 is 0 Å². The summed E-state index contributed by atoms with van der Waals surface area (Å²) in [6, 6.07) is 3.77. The summed E-state index contributed by atoms with van der Waals surface area (Å²) >= 11 is 0. The van der Waals surface area contributed by atoms with Crippen molar-refractivity contribution in [2.75, 3.05) is 17.6 Å². The molecule has 0 aliphatic rings. The zero-order valence-electron chi connectivity index (χ0n) is 8.75. The highest BCUT2D eigenvalue weighted by molar-refractivity contribution is 5.61.